The number of quaternary nitrogens is 1. The van der Waals surface area contributed by atoms with E-state index in [0.29, 0.717) is 24.5 Å². The zero-order chi connectivity index (χ0) is 20.4. The topological polar surface area (TPSA) is 78.0 Å². The number of carbonyl (C=O) groups is 2. The third-order valence-corrected chi connectivity index (χ3v) is 4.74. The summed E-state index contributed by atoms with van der Waals surface area (Å²) in [5, 5.41) is 13.0. The average Bonchev–Trinajstić information content (AvgIpc) is 3.18. The molecular formula is C21H23FN2O4. The molecule has 0 radical (unpaired) electrons. The van der Waals surface area contributed by atoms with Crippen molar-refractivity contribution in [1.82, 2.24) is 4.90 Å². The fourth-order valence-corrected chi connectivity index (χ4v) is 3.36. The van der Waals surface area contributed by atoms with Crippen LogP contribution in [0.3, 0.4) is 0 Å². The quantitative estimate of drug-likeness (QED) is 0.445. The first-order valence-electron chi connectivity index (χ1n) is 9.17. The number of Topliss-reactive ketones (excluding diaryl/α,β-unsaturated/α-hetero) is 1. The highest BCUT2D eigenvalue weighted by atomic mass is 19.1. The minimum atomic E-state index is -0.872. The molecular weight excluding hydrogens is 363 g/mol. The molecule has 1 aromatic carbocycles. The Morgan fingerprint density at radius 2 is 1.86 bits per heavy atom. The Bertz CT molecular complexity index is 915. The van der Waals surface area contributed by atoms with E-state index in [1.54, 1.807) is 19.1 Å². The Morgan fingerprint density at radius 1 is 1.18 bits per heavy atom. The zero-order valence-corrected chi connectivity index (χ0v) is 16.1. The number of ketones is 1. The Morgan fingerprint density at radius 3 is 2.43 bits per heavy atom. The van der Waals surface area contributed by atoms with Crippen LogP contribution in [0.5, 0.6) is 0 Å². The molecule has 0 spiro atoms. The third-order valence-electron chi connectivity index (χ3n) is 4.74. The standard InChI is InChI=1S/C21H23FN2O4/c1-13-5-10-16(28-13)18-17(19(25)14-6-8-15(22)9-7-14)20(26)21(27)24(18)12-4-11-23(2)3/h5-10,18,25H,4,11-12H2,1-3H3/b19-17+. The molecule has 0 aliphatic carbocycles. The number of hydrogen-bond donors (Lipinski definition) is 1. The average molecular weight is 386 g/mol. The summed E-state index contributed by atoms with van der Waals surface area (Å²) in [5.41, 5.74) is 0.00794. The van der Waals surface area contributed by atoms with Crippen LogP contribution in [0.1, 0.15) is 29.5 Å². The molecule has 3 rings (SSSR count). The number of likely N-dealkylation sites (tertiary alicyclic amines) is 1. The van der Waals surface area contributed by atoms with Crippen molar-refractivity contribution in [2.75, 3.05) is 27.2 Å². The highest BCUT2D eigenvalue weighted by molar-refractivity contribution is 6.46. The lowest BCUT2D eigenvalue weighted by Gasteiger charge is -2.25. The van der Waals surface area contributed by atoms with Crippen LogP contribution in [0, 0.1) is 12.7 Å². The lowest BCUT2D eigenvalue weighted by molar-refractivity contribution is -0.858. The van der Waals surface area contributed by atoms with Gasteiger partial charge >= 0.3 is 0 Å². The van der Waals surface area contributed by atoms with Crippen LogP contribution in [0.2, 0.25) is 0 Å². The van der Waals surface area contributed by atoms with E-state index in [1.807, 2.05) is 14.1 Å². The number of nitrogens with zero attached hydrogens (tertiary/aromatic N) is 1. The first kappa shape index (κ1) is 19.8. The fraction of sp³-hybridized carbons (Fsp3) is 0.333. The smallest absolute Gasteiger partial charge is 0.295 e. The van der Waals surface area contributed by atoms with Crippen LogP contribution < -0.4 is 10.0 Å². The summed E-state index contributed by atoms with van der Waals surface area (Å²) < 4.78 is 18.9. The minimum Gasteiger partial charge on any atom is -0.872 e. The van der Waals surface area contributed by atoms with Crippen molar-refractivity contribution in [2.45, 2.75) is 19.4 Å². The molecule has 7 heteroatoms. The number of furan rings is 1. The Labute approximate surface area is 162 Å². The maximum Gasteiger partial charge on any atom is 0.295 e. The Balaban J connectivity index is 2.05. The molecule has 1 fully saturated rings. The van der Waals surface area contributed by atoms with Gasteiger partial charge in [-0.05, 0) is 36.8 Å². The fourth-order valence-electron chi connectivity index (χ4n) is 3.36. The van der Waals surface area contributed by atoms with E-state index in [1.165, 1.54) is 21.9 Å². The monoisotopic (exact) mass is 386 g/mol. The molecule has 148 valence electrons. The first-order chi connectivity index (χ1) is 13.3. The second-order valence-electron chi connectivity index (χ2n) is 7.24. The summed E-state index contributed by atoms with van der Waals surface area (Å²) in [6.45, 7) is 2.90. The number of aryl methyl sites for hydroxylation is 1. The molecule has 1 saturated heterocycles. The summed E-state index contributed by atoms with van der Waals surface area (Å²) in [5.74, 6) is -1.61. The van der Waals surface area contributed by atoms with E-state index in [0.717, 1.165) is 18.7 Å². The zero-order valence-electron chi connectivity index (χ0n) is 16.1. The second kappa shape index (κ2) is 7.98. The van der Waals surface area contributed by atoms with Gasteiger partial charge in [-0.25, -0.2) is 4.39 Å². The van der Waals surface area contributed by atoms with Crippen molar-refractivity contribution in [3.8, 4) is 0 Å². The van der Waals surface area contributed by atoms with Crippen LogP contribution >= 0.6 is 0 Å². The first-order valence-corrected chi connectivity index (χ1v) is 9.17. The van der Waals surface area contributed by atoms with Crippen LogP contribution in [-0.2, 0) is 9.59 Å². The molecule has 0 bridgehead atoms. The van der Waals surface area contributed by atoms with Crippen LogP contribution in [-0.4, -0.2) is 43.8 Å². The maximum atomic E-state index is 13.2. The van der Waals surface area contributed by atoms with Gasteiger partial charge in [-0.15, -0.1) is 0 Å². The number of benzene rings is 1. The summed E-state index contributed by atoms with van der Waals surface area (Å²) >= 11 is 0. The molecule has 1 atom stereocenters. The van der Waals surface area contributed by atoms with Gasteiger partial charge in [-0.1, -0.05) is 17.9 Å². The van der Waals surface area contributed by atoms with Gasteiger partial charge in [0.2, 0.25) is 5.78 Å². The van der Waals surface area contributed by atoms with E-state index in [9.17, 15) is 19.1 Å². The highest BCUT2D eigenvalue weighted by Crippen LogP contribution is 2.39. The van der Waals surface area contributed by atoms with Crippen LogP contribution in [0.4, 0.5) is 4.39 Å². The van der Waals surface area contributed by atoms with E-state index in [-0.39, 0.29) is 11.1 Å². The van der Waals surface area contributed by atoms with Gasteiger partial charge in [0.25, 0.3) is 5.91 Å². The summed E-state index contributed by atoms with van der Waals surface area (Å²) in [6, 6.07) is 7.45. The van der Waals surface area contributed by atoms with E-state index >= 15 is 0 Å². The number of halogens is 1. The molecule has 6 nitrogen and oxygen atoms in total. The highest BCUT2D eigenvalue weighted by Gasteiger charge is 2.45. The molecule has 0 saturated carbocycles. The van der Waals surface area contributed by atoms with Gasteiger partial charge in [0.05, 0.1) is 20.6 Å². The van der Waals surface area contributed by atoms with Crippen molar-refractivity contribution in [1.29, 1.82) is 0 Å². The molecule has 1 aliphatic rings. The van der Waals surface area contributed by atoms with Crippen LogP contribution in [0.25, 0.3) is 5.76 Å². The van der Waals surface area contributed by atoms with Crippen molar-refractivity contribution in [2.24, 2.45) is 0 Å². The summed E-state index contributed by atoms with van der Waals surface area (Å²) in [6.07, 6.45) is 0.676. The van der Waals surface area contributed by atoms with Crippen LogP contribution in [0.15, 0.2) is 46.4 Å². The number of nitrogens with one attached hydrogen (secondary N) is 1. The number of rotatable bonds is 6. The summed E-state index contributed by atoms with van der Waals surface area (Å²) in [7, 11) is 4.00. The van der Waals surface area contributed by atoms with Crippen molar-refractivity contribution in [3.05, 3.63) is 64.9 Å². The van der Waals surface area contributed by atoms with Gasteiger partial charge in [-0.2, -0.15) is 0 Å². The lowest BCUT2D eigenvalue weighted by atomic mass is 9.99. The number of carbonyl (C=O) groups excluding carboxylic acids is 2. The lowest BCUT2D eigenvalue weighted by Crippen LogP contribution is -3.05. The predicted octanol–water partition coefficient (Wildman–Crippen LogP) is 0.486. The Hall–Kier alpha value is -2.93. The molecule has 2 heterocycles. The predicted molar refractivity (Wildman–Crippen MR) is 98.5 cm³/mol. The molecule has 28 heavy (non-hydrogen) atoms. The molecule has 1 aromatic heterocycles. The van der Waals surface area contributed by atoms with Gasteiger partial charge in [0, 0.05) is 18.5 Å². The molecule has 2 aromatic rings. The number of hydrogen-bond acceptors (Lipinski definition) is 4. The second-order valence-corrected chi connectivity index (χ2v) is 7.24. The SMILES string of the molecule is Cc1ccc(C2/C(=C(\[O-])c3ccc(F)cc3)C(=O)C(=O)N2CCC[NH+](C)C)o1. The largest absolute Gasteiger partial charge is 0.872 e. The van der Waals surface area contributed by atoms with Crippen molar-refractivity contribution < 1.29 is 28.4 Å². The molecule has 1 unspecified atom stereocenters. The maximum absolute atomic E-state index is 13.2. The summed E-state index contributed by atoms with van der Waals surface area (Å²) in [4.78, 5) is 28.0. The number of amides is 1. The van der Waals surface area contributed by atoms with Crippen molar-refractivity contribution >= 4 is 17.4 Å². The minimum absolute atomic E-state index is 0.150. The van der Waals surface area contributed by atoms with Gasteiger partial charge in [0.15, 0.2) is 0 Å². The van der Waals surface area contributed by atoms with Gasteiger partial charge in [-0.3, -0.25) is 9.59 Å². The van der Waals surface area contributed by atoms with Crippen molar-refractivity contribution in [3.63, 3.8) is 0 Å². The van der Waals surface area contributed by atoms with Gasteiger partial charge in [0.1, 0.15) is 23.4 Å². The molecule has 1 N–H and O–H groups in total. The Kier molecular flexibility index (Phi) is 5.65. The van der Waals surface area contributed by atoms with Gasteiger partial charge < -0.3 is 19.3 Å². The van der Waals surface area contributed by atoms with E-state index in [4.69, 9.17) is 4.42 Å². The molecule has 1 aliphatic heterocycles. The normalized spacial score (nSPS) is 19.0. The van der Waals surface area contributed by atoms with E-state index in [2.05, 4.69) is 0 Å². The molecule has 1 amide bonds. The van der Waals surface area contributed by atoms with E-state index < -0.39 is 29.3 Å². The third kappa shape index (κ3) is 3.84.